The van der Waals surface area contributed by atoms with Gasteiger partial charge in [-0.3, -0.25) is 0 Å². The molecular weight excluding hydrogens is 102 g/mol. The molecule has 0 aromatic carbocycles. The summed E-state index contributed by atoms with van der Waals surface area (Å²) in [6.45, 7) is 3.05. The molecule has 0 aromatic rings. The third kappa shape index (κ3) is 1.78. The average molecular weight is 115 g/mol. The van der Waals surface area contributed by atoms with Crippen LogP contribution in [0.2, 0.25) is 0 Å². The van der Waals surface area contributed by atoms with Crippen LogP contribution >= 0.6 is 0 Å². The summed E-state index contributed by atoms with van der Waals surface area (Å²) in [5, 5.41) is 6.37. The van der Waals surface area contributed by atoms with E-state index in [9.17, 15) is 0 Å². The highest BCUT2D eigenvalue weighted by Gasteiger charge is 2.02. The van der Waals surface area contributed by atoms with E-state index in [2.05, 4.69) is 10.6 Å². The fourth-order valence-corrected chi connectivity index (χ4v) is 0.831. The van der Waals surface area contributed by atoms with Gasteiger partial charge in [0.25, 0.3) is 0 Å². The minimum atomic E-state index is 0.164. The normalized spacial score (nSPS) is 31.9. The minimum absolute atomic E-state index is 0.164. The van der Waals surface area contributed by atoms with E-state index in [-0.39, 0.29) is 6.17 Å². The van der Waals surface area contributed by atoms with Crippen molar-refractivity contribution in [2.24, 2.45) is 5.73 Å². The molecule has 0 saturated carbocycles. The lowest BCUT2D eigenvalue weighted by Crippen LogP contribution is -2.42. The Morgan fingerprint density at radius 1 is 1.38 bits per heavy atom. The molecule has 1 saturated heterocycles. The molecule has 48 valence electrons. The van der Waals surface area contributed by atoms with Crippen LogP contribution in [0, 0.1) is 0 Å². The maximum absolute atomic E-state index is 5.56. The van der Waals surface area contributed by atoms with E-state index in [1.807, 2.05) is 0 Å². The van der Waals surface area contributed by atoms with Crippen molar-refractivity contribution in [1.29, 1.82) is 0 Å². The Kier molecular flexibility index (Phi) is 2.27. The molecule has 1 fully saturated rings. The fourth-order valence-electron chi connectivity index (χ4n) is 0.831. The van der Waals surface area contributed by atoms with Gasteiger partial charge in [-0.05, 0) is 19.5 Å². The maximum atomic E-state index is 5.56. The van der Waals surface area contributed by atoms with Crippen LogP contribution in [-0.4, -0.2) is 25.8 Å². The van der Waals surface area contributed by atoms with Crippen molar-refractivity contribution in [2.75, 3.05) is 19.6 Å². The molecular formula is C5H13N3. The fraction of sp³-hybridized carbons (Fsp3) is 1.00. The minimum Gasteiger partial charge on any atom is -0.315 e. The van der Waals surface area contributed by atoms with E-state index in [4.69, 9.17) is 5.73 Å². The molecule has 4 N–H and O–H groups in total. The summed E-state index contributed by atoms with van der Waals surface area (Å²) >= 11 is 0. The first kappa shape index (κ1) is 6.01. The van der Waals surface area contributed by atoms with Crippen LogP contribution in [-0.2, 0) is 0 Å². The molecule has 1 aliphatic heterocycles. The summed E-state index contributed by atoms with van der Waals surface area (Å²) in [6.07, 6.45) is 1.35. The van der Waals surface area contributed by atoms with E-state index in [0.29, 0.717) is 0 Å². The molecule has 3 heteroatoms. The van der Waals surface area contributed by atoms with Gasteiger partial charge in [-0.25, -0.2) is 0 Å². The van der Waals surface area contributed by atoms with E-state index in [1.165, 1.54) is 6.42 Å². The molecule has 0 aliphatic carbocycles. The van der Waals surface area contributed by atoms with Crippen LogP contribution in [0.1, 0.15) is 6.42 Å². The topological polar surface area (TPSA) is 50.1 Å². The summed E-state index contributed by atoms with van der Waals surface area (Å²) in [4.78, 5) is 0. The highest BCUT2D eigenvalue weighted by atomic mass is 15.1. The number of rotatable bonds is 0. The van der Waals surface area contributed by atoms with Gasteiger partial charge in [0.15, 0.2) is 0 Å². The SMILES string of the molecule is NC1CNCCCN1. The van der Waals surface area contributed by atoms with E-state index in [1.54, 1.807) is 0 Å². The van der Waals surface area contributed by atoms with Crippen LogP contribution in [0.5, 0.6) is 0 Å². The Bertz CT molecular complexity index is 56.7. The van der Waals surface area contributed by atoms with Crippen molar-refractivity contribution < 1.29 is 0 Å². The Labute approximate surface area is 49.6 Å². The van der Waals surface area contributed by atoms with Crippen LogP contribution in [0.3, 0.4) is 0 Å². The van der Waals surface area contributed by atoms with Gasteiger partial charge in [-0.2, -0.15) is 0 Å². The second-order valence-electron chi connectivity index (χ2n) is 2.12. The Balaban J connectivity index is 2.17. The van der Waals surface area contributed by atoms with Gasteiger partial charge in [0, 0.05) is 6.54 Å². The zero-order chi connectivity index (χ0) is 5.82. The van der Waals surface area contributed by atoms with Crippen LogP contribution in [0.25, 0.3) is 0 Å². The summed E-state index contributed by atoms with van der Waals surface area (Å²) < 4.78 is 0. The first-order valence-corrected chi connectivity index (χ1v) is 3.09. The molecule has 1 atom stereocenters. The lowest BCUT2D eigenvalue weighted by atomic mass is 10.4. The summed E-state index contributed by atoms with van der Waals surface area (Å²) in [5.74, 6) is 0. The quantitative estimate of drug-likeness (QED) is 0.374. The standard InChI is InChI=1S/C5H13N3/c6-5-4-7-2-1-3-8-5/h5,7-8H,1-4,6H2. The van der Waals surface area contributed by atoms with Crippen molar-refractivity contribution in [1.82, 2.24) is 10.6 Å². The van der Waals surface area contributed by atoms with Crippen molar-refractivity contribution in [2.45, 2.75) is 12.6 Å². The van der Waals surface area contributed by atoms with Gasteiger partial charge >= 0.3 is 0 Å². The number of hydrogen-bond acceptors (Lipinski definition) is 3. The molecule has 0 aromatic heterocycles. The van der Waals surface area contributed by atoms with E-state index in [0.717, 1.165) is 19.6 Å². The molecule has 1 rings (SSSR count). The summed E-state index contributed by atoms with van der Waals surface area (Å²) in [5.41, 5.74) is 5.56. The van der Waals surface area contributed by atoms with Crippen LogP contribution in [0.15, 0.2) is 0 Å². The molecule has 3 nitrogen and oxygen atoms in total. The van der Waals surface area contributed by atoms with Gasteiger partial charge < -0.3 is 16.4 Å². The van der Waals surface area contributed by atoms with Crippen LogP contribution in [0.4, 0.5) is 0 Å². The number of nitrogens with two attached hydrogens (primary N) is 1. The second-order valence-corrected chi connectivity index (χ2v) is 2.12. The van der Waals surface area contributed by atoms with Crippen molar-refractivity contribution in [3.05, 3.63) is 0 Å². The first-order chi connectivity index (χ1) is 3.89. The smallest absolute Gasteiger partial charge is 0.0675 e. The van der Waals surface area contributed by atoms with Crippen LogP contribution < -0.4 is 16.4 Å². The Morgan fingerprint density at radius 3 is 3.12 bits per heavy atom. The molecule has 0 radical (unpaired) electrons. The number of nitrogens with one attached hydrogen (secondary N) is 2. The first-order valence-electron chi connectivity index (χ1n) is 3.09. The highest BCUT2D eigenvalue weighted by Crippen LogP contribution is 1.80. The predicted molar refractivity (Wildman–Crippen MR) is 33.5 cm³/mol. The second kappa shape index (κ2) is 3.02. The third-order valence-corrected chi connectivity index (χ3v) is 1.30. The van der Waals surface area contributed by atoms with Gasteiger partial charge in [0.2, 0.25) is 0 Å². The molecule has 1 aliphatic rings. The monoisotopic (exact) mass is 115 g/mol. The zero-order valence-corrected chi connectivity index (χ0v) is 4.98. The summed E-state index contributed by atoms with van der Waals surface area (Å²) in [7, 11) is 0. The van der Waals surface area contributed by atoms with Gasteiger partial charge in [0.1, 0.15) is 0 Å². The molecule has 0 spiro atoms. The van der Waals surface area contributed by atoms with Crippen molar-refractivity contribution in [3.8, 4) is 0 Å². The third-order valence-electron chi connectivity index (χ3n) is 1.30. The van der Waals surface area contributed by atoms with E-state index < -0.39 is 0 Å². The molecule has 1 heterocycles. The average Bonchev–Trinajstić information content (AvgIpc) is 1.94. The lowest BCUT2D eigenvalue weighted by molar-refractivity contribution is 0.546. The number of hydrogen-bond donors (Lipinski definition) is 3. The van der Waals surface area contributed by atoms with Gasteiger partial charge in [-0.1, -0.05) is 0 Å². The lowest BCUT2D eigenvalue weighted by Gasteiger charge is -2.06. The maximum Gasteiger partial charge on any atom is 0.0675 e. The molecule has 1 unspecified atom stereocenters. The molecule has 0 amide bonds. The Morgan fingerprint density at radius 2 is 2.25 bits per heavy atom. The highest BCUT2D eigenvalue weighted by molar-refractivity contribution is 4.66. The zero-order valence-electron chi connectivity index (χ0n) is 4.98. The van der Waals surface area contributed by atoms with Gasteiger partial charge in [-0.15, -0.1) is 0 Å². The van der Waals surface area contributed by atoms with E-state index >= 15 is 0 Å². The van der Waals surface area contributed by atoms with Crippen molar-refractivity contribution in [3.63, 3.8) is 0 Å². The Hall–Kier alpha value is -0.120. The molecule has 0 bridgehead atoms. The van der Waals surface area contributed by atoms with Crippen molar-refractivity contribution >= 4 is 0 Å². The molecule has 8 heavy (non-hydrogen) atoms. The largest absolute Gasteiger partial charge is 0.315 e. The van der Waals surface area contributed by atoms with Gasteiger partial charge in [0.05, 0.1) is 6.17 Å². The predicted octanol–water partition coefficient (Wildman–Crippen LogP) is -1.15. The summed E-state index contributed by atoms with van der Waals surface area (Å²) in [6, 6.07) is 0.